The molecule has 0 spiro atoms. The van der Waals surface area contributed by atoms with E-state index in [0.29, 0.717) is 92.3 Å². The Bertz CT molecular complexity index is 360. The van der Waals surface area contributed by atoms with Crippen LogP contribution in [0.2, 0.25) is 0 Å². The van der Waals surface area contributed by atoms with Gasteiger partial charge in [-0.2, -0.15) is 0 Å². The summed E-state index contributed by atoms with van der Waals surface area (Å²) in [5.41, 5.74) is 0. The Labute approximate surface area is 196 Å². The van der Waals surface area contributed by atoms with Gasteiger partial charge >= 0.3 is 5.97 Å². The SMILES string of the molecule is CCCCCCCC(=O)OCCOCCOCCOCCOCCOCCOCCBr. The minimum absolute atomic E-state index is 0.138. The quantitative estimate of drug-likeness (QED) is 0.0986. The summed E-state index contributed by atoms with van der Waals surface area (Å²) in [4.78, 5) is 11.5. The Balaban J connectivity index is 3.08. The first kappa shape index (κ1) is 30.7. The number of hydrogen-bond acceptors (Lipinski definition) is 8. The average molecular weight is 515 g/mol. The van der Waals surface area contributed by atoms with Crippen LogP contribution in [0.4, 0.5) is 0 Å². The molecule has 0 aliphatic carbocycles. The Hall–Kier alpha value is -0.290. The molecule has 0 aliphatic heterocycles. The van der Waals surface area contributed by atoms with E-state index in [0.717, 1.165) is 18.2 Å². The fraction of sp³-hybridized carbons (Fsp3) is 0.955. The molecule has 0 aromatic heterocycles. The van der Waals surface area contributed by atoms with E-state index >= 15 is 0 Å². The lowest BCUT2D eigenvalue weighted by Crippen LogP contribution is -2.15. The van der Waals surface area contributed by atoms with Crippen LogP contribution in [0.15, 0.2) is 0 Å². The molecule has 0 aliphatic rings. The number of esters is 1. The van der Waals surface area contributed by atoms with Crippen LogP contribution >= 0.6 is 15.9 Å². The predicted molar refractivity (Wildman–Crippen MR) is 123 cm³/mol. The molecule has 0 rings (SSSR count). The molecule has 0 N–H and O–H groups in total. The van der Waals surface area contributed by atoms with Crippen LogP contribution in [-0.2, 0) is 38.0 Å². The Morgan fingerprint density at radius 2 is 0.935 bits per heavy atom. The number of rotatable bonds is 26. The molecule has 0 bridgehead atoms. The van der Waals surface area contributed by atoms with Crippen molar-refractivity contribution in [2.75, 3.05) is 91.2 Å². The number of halogens is 1. The number of alkyl halides is 1. The van der Waals surface area contributed by atoms with Crippen LogP contribution in [0.1, 0.15) is 45.4 Å². The van der Waals surface area contributed by atoms with Crippen molar-refractivity contribution in [2.24, 2.45) is 0 Å². The van der Waals surface area contributed by atoms with Gasteiger partial charge in [0, 0.05) is 11.8 Å². The van der Waals surface area contributed by atoms with E-state index in [1.54, 1.807) is 0 Å². The molecule has 0 fully saturated rings. The van der Waals surface area contributed by atoms with Gasteiger partial charge in [-0.3, -0.25) is 4.79 Å². The second-order valence-corrected chi connectivity index (χ2v) is 7.54. The Morgan fingerprint density at radius 3 is 1.35 bits per heavy atom. The summed E-state index contributed by atoms with van der Waals surface area (Å²) >= 11 is 3.29. The number of ether oxygens (including phenoxy) is 7. The van der Waals surface area contributed by atoms with Gasteiger partial charge in [-0.15, -0.1) is 0 Å². The second kappa shape index (κ2) is 27.7. The molecule has 186 valence electrons. The van der Waals surface area contributed by atoms with Crippen molar-refractivity contribution >= 4 is 21.9 Å². The molecule has 31 heavy (non-hydrogen) atoms. The van der Waals surface area contributed by atoms with Crippen LogP contribution in [0, 0.1) is 0 Å². The van der Waals surface area contributed by atoms with E-state index in [2.05, 4.69) is 22.9 Å². The minimum atomic E-state index is -0.138. The molecule has 0 radical (unpaired) electrons. The largest absolute Gasteiger partial charge is 0.463 e. The van der Waals surface area contributed by atoms with Crippen LogP contribution in [-0.4, -0.2) is 97.2 Å². The van der Waals surface area contributed by atoms with Crippen molar-refractivity contribution in [3.05, 3.63) is 0 Å². The topological polar surface area (TPSA) is 81.7 Å². The van der Waals surface area contributed by atoms with E-state index < -0.39 is 0 Å². The summed E-state index contributed by atoms with van der Waals surface area (Å²) in [7, 11) is 0. The number of carbonyl (C=O) groups excluding carboxylic acids is 1. The van der Waals surface area contributed by atoms with Gasteiger partial charge in [0.25, 0.3) is 0 Å². The predicted octanol–water partition coefficient (Wildman–Crippen LogP) is 3.38. The summed E-state index contributed by atoms with van der Waals surface area (Å²) in [6.07, 6.45) is 6.13. The van der Waals surface area contributed by atoms with Gasteiger partial charge in [-0.1, -0.05) is 48.5 Å². The Kier molecular flexibility index (Phi) is 27.5. The van der Waals surface area contributed by atoms with Gasteiger partial charge < -0.3 is 33.2 Å². The summed E-state index contributed by atoms with van der Waals surface area (Å²) in [5, 5.41) is 0.840. The molecule has 0 atom stereocenters. The van der Waals surface area contributed by atoms with Gasteiger partial charge in [-0.25, -0.2) is 0 Å². The highest BCUT2D eigenvalue weighted by Gasteiger charge is 2.02. The lowest BCUT2D eigenvalue weighted by molar-refractivity contribution is -0.145. The molecular weight excluding hydrogens is 472 g/mol. The van der Waals surface area contributed by atoms with Crippen molar-refractivity contribution in [3.8, 4) is 0 Å². The van der Waals surface area contributed by atoms with Crippen molar-refractivity contribution in [2.45, 2.75) is 45.4 Å². The van der Waals surface area contributed by atoms with Crippen molar-refractivity contribution in [1.82, 2.24) is 0 Å². The first-order valence-corrected chi connectivity index (χ1v) is 12.6. The highest BCUT2D eigenvalue weighted by Crippen LogP contribution is 2.05. The van der Waals surface area contributed by atoms with Gasteiger partial charge in [0.1, 0.15) is 6.61 Å². The third-order valence-electron chi connectivity index (χ3n) is 4.06. The molecular formula is C22H43BrO8. The third kappa shape index (κ3) is 27.7. The molecule has 8 nitrogen and oxygen atoms in total. The van der Waals surface area contributed by atoms with E-state index in [1.807, 2.05) is 0 Å². The zero-order valence-electron chi connectivity index (χ0n) is 19.3. The van der Waals surface area contributed by atoms with Crippen LogP contribution in [0.5, 0.6) is 0 Å². The summed E-state index contributed by atoms with van der Waals surface area (Å²) < 4.78 is 37.4. The summed E-state index contributed by atoms with van der Waals surface area (Å²) in [5.74, 6) is -0.138. The molecule has 0 saturated carbocycles. The number of carbonyl (C=O) groups is 1. The first-order chi connectivity index (χ1) is 15.3. The van der Waals surface area contributed by atoms with Crippen LogP contribution in [0.25, 0.3) is 0 Å². The van der Waals surface area contributed by atoms with E-state index in [4.69, 9.17) is 33.2 Å². The average Bonchev–Trinajstić information content (AvgIpc) is 2.77. The van der Waals surface area contributed by atoms with Gasteiger partial charge in [-0.05, 0) is 6.42 Å². The fourth-order valence-electron chi connectivity index (χ4n) is 2.42. The van der Waals surface area contributed by atoms with Gasteiger partial charge in [0.15, 0.2) is 0 Å². The maximum absolute atomic E-state index is 11.5. The van der Waals surface area contributed by atoms with Gasteiger partial charge in [0.05, 0.1) is 79.3 Å². The highest BCUT2D eigenvalue weighted by atomic mass is 79.9. The smallest absolute Gasteiger partial charge is 0.305 e. The molecule has 0 unspecified atom stereocenters. The van der Waals surface area contributed by atoms with Crippen molar-refractivity contribution in [3.63, 3.8) is 0 Å². The zero-order chi connectivity index (χ0) is 22.7. The number of hydrogen-bond donors (Lipinski definition) is 0. The lowest BCUT2D eigenvalue weighted by Gasteiger charge is -2.08. The summed E-state index contributed by atoms with van der Waals surface area (Å²) in [6.45, 7) is 8.89. The monoisotopic (exact) mass is 514 g/mol. The van der Waals surface area contributed by atoms with Crippen molar-refractivity contribution < 1.29 is 38.0 Å². The molecule has 0 aromatic rings. The standard InChI is InChI=1S/C22H43BrO8/c1-2-3-4-5-6-7-22(24)31-21-20-30-19-18-29-17-16-28-15-14-27-13-12-26-11-10-25-9-8-23/h2-21H2,1H3. The first-order valence-electron chi connectivity index (χ1n) is 11.5. The maximum Gasteiger partial charge on any atom is 0.305 e. The lowest BCUT2D eigenvalue weighted by atomic mass is 10.1. The molecule has 0 aromatic carbocycles. The minimum Gasteiger partial charge on any atom is -0.463 e. The van der Waals surface area contributed by atoms with Crippen molar-refractivity contribution in [1.29, 1.82) is 0 Å². The summed E-state index contributed by atoms with van der Waals surface area (Å²) in [6, 6.07) is 0. The zero-order valence-corrected chi connectivity index (χ0v) is 20.9. The molecule has 0 heterocycles. The van der Waals surface area contributed by atoms with E-state index in [1.165, 1.54) is 19.3 Å². The molecule has 9 heteroatoms. The highest BCUT2D eigenvalue weighted by molar-refractivity contribution is 9.09. The molecule has 0 amide bonds. The van der Waals surface area contributed by atoms with E-state index in [9.17, 15) is 4.79 Å². The molecule has 0 saturated heterocycles. The van der Waals surface area contributed by atoms with Crippen LogP contribution in [0.3, 0.4) is 0 Å². The third-order valence-corrected chi connectivity index (χ3v) is 4.38. The fourth-order valence-corrected chi connectivity index (χ4v) is 2.64. The maximum atomic E-state index is 11.5. The second-order valence-electron chi connectivity index (χ2n) is 6.75. The Morgan fingerprint density at radius 1 is 0.548 bits per heavy atom. The number of unbranched alkanes of at least 4 members (excludes halogenated alkanes) is 4. The van der Waals surface area contributed by atoms with Gasteiger partial charge in [0.2, 0.25) is 0 Å². The normalized spacial score (nSPS) is 11.2. The van der Waals surface area contributed by atoms with E-state index in [-0.39, 0.29) is 5.97 Å². The van der Waals surface area contributed by atoms with Crippen LogP contribution < -0.4 is 0 Å².